The first-order valence-corrected chi connectivity index (χ1v) is 39.0. The summed E-state index contributed by atoms with van der Waals surface area (Å²) >= 11 is 0. The first-order chi connectivity index (χ1) is 60.0. The Morgan fingerprint density at radius 1 is 0.306 bits per heavy atom. The molecule has 0 aliphatic carbocycles. The molecule has 2 unspecified atom stereocenters. The van der Waals surface area contributed by atoms with Crippen LogP contribution in [-0.2, 0) is 28.8 Å². The number of nitrogens with zero attached hydrogens (tertiary/aromatic N) is 4. The van der Waals surface area contributed by atoms with Crippen LogP contribution in [0.4, 0.5) is 22.7 Å². The van der Waals surface area contributed by atoms with Crippen LogP contribution in [-0.4, -0.2) is 69.1 Å². The number of fused-ring (bicyclic) bond motifs is 2. The Morgan fingerprint density at radius 3 is 0.782 bits per heavy atom. The number of benzene rings is 13. The van der Waals surface area contributed by atoms with E-state index in [0.29, 0.717) is 0 Å². The second kappa shape index (κ2) is 32.9. The molecule has 6 amide bonds. The summed E-state index contributed by atoms with van der Waals surface area (Å²) in [6, 6.07) is 65.5. The molecule has 0 spiro atoms. The summed E-state index contributed by atoms with van der Waals surface area (Å²) in [5, 5.41) is 0.777. The highest BCUT2D eigenvalue weighted by molar-refractivity contribution is 6.45. The van der Waals surface area contributed by atoms with Gasteiger partial charge in [0, 0.05) is 82.6 Å². The van der Waals surface area contributed by atoms with Gasteiger partial charge in [-0.3, -0.25) is 53.2 Å². The summed E-state index contributed by atoms with van der Waals surface area (Å²) in [6.45, 7) is 18.9. The lowest BCUT2D eigenvalue weighted by atomic mass is 9.80. The quantitative estimate of drug-likeness (QED) is 0.0122. The van der Waals surface area contributed by atoms with E-state index in [4.69, 9.17) is 46.7 Å². The minimum Gasteiger partial charge on any atom is -0.467 e. The van der Waals surface area contributed by atoms with Gasteiger partial charge in [-0.05, 0) is 215 Å². The van der Waals surface area contributed by atoms with Gasteiger partial charge in [0.05, 0.1) is 40.7 Å². The number of para-hydroxylation sites is 4. The molecule has 0 saturated carbocycles. The number of rotatable bonds is 26. The van der Waals surface area contributed by atoms with Crippen LogP contribution in [0, 0.1) is 5.92 Å². The molecule has 2 aliphatic rings. The fourth-order valence-corrected chi connectivity index (χ4v) is 14.9. The number of amides is 6. The van der Waals surface area contributed by atoms with E-state index in [1.807, 2.05) is 0 Å². The molecular weight excluding hydrogens is 1580 g/mol. The average molecular weight is 1650 g/mol. The average Bonchev–Trinajstić information content (AvgIpc) is 0.712. The zero-order valence-electron chi connectivity index (χ0n) is 66.9. The Hall–Kier alpha value is -16.8. The third-order valence-corrected chi connectivity index (χ3v) is 20.6. The van der Waals surface area contributed by atoms with Gasteiger partial charge in [-0.2, -0.15) is 0 Å². The van der Waals surface area contributed by atoms with E-state index >= 15 is 28.8 Å². The highest BCUT2D eigenvalue weighted by atomic mass is 16.6. The number of imide groups is 2. The molecule has 610 valence electrons. The van der Waals surface area contributed by atoms with E-state index < -0.39 is 77.3 Å². The van der Waals surface area contributed by atoms with Gasteiger partial charge in [0.15, 0.2) is 12.1 Å². The fraction of sp³-hybridized carbons (Fsp3) is 0.0800. The molecule has 2 atom stereocenters. The van der Waals surface area contributed by atoms with Gasteiger partial charge in [-0.25, -0.2) is 14.4 Å². The molecule has 2 aliphatic heterocycles. The largest absolute Gasteiger partial charge is 0.467 e. The van der Waals surface area contributed by atoms with Crippen molar-refractivity contribution in [3.63, 3.8) is 0 Å². The molecule has 15 aromatic rings. The van der Waals surface area contributed by atoms with Crippen LogP contribution < -0.4 is 47.7 Å². The number of furan rings is 2. The van der Waals surface area contributed by atoms with Crippen LogP contribution in [0.3, 0.4) is 0 Å². The van der Waals surface area contributed by atoms with E-state index in [1.54, 1.807) is 135 Å². The second-order valence-electron chi connectivity index (χ2n) is 29.6. The maximum absolute atomic E-state index is 17.0. The van der Waals surface area contributed by atoms with Crippen molar-refractivity contribution in [2.45, 2.75) is 46.7 Å². The minimum atomic E-state index is -1.99. The standard InChI is InChI=1S/C100H70N4O20/c1-55(2)97(111)121-67-41-33-59(34-42-67)101(60-35-43-68(44-36-60)122-98(112)56(3)4)95(109)89(75-31-21-49-115-75)103-91(105)71-51-77(117-63-23-13-9-14-24-63)83-85-79(119-65-27-17-11-18-28-65)53-73-82-74(54-80(120-66-29-19-12-20-30-66)86(88(82)85)84-78(118-64-25-15-10-16-26-64)52-72(92(103)106)81(71)87(83)84)94(108)104(93(73)107)90(76-32-22-50-116-76)96(110)102(61-37-45-69(46-38-61)123-99(113)57(5)6)62-39-47-70(48-40-62)124-100(114)58(7)8/h9-54,58,89-90H,1,3,5H2,2,4,6-8H3. The van der Waals surface area contributed by atoms with E-state index in [9.17, 15) is 19.2 Å². The second-order valence-corrected chi connectivity index (χ2v) is 29.6. The Balaban J connectivity index is 0.926. The van der Waals surface area contributed by atoms with Crippen molar-refractivity contribution in [1.29, 1.82) is 0 Å². The van der Waals surface area contributed by atoms with Crippen molar-refractivity contribution in [3.8, 4) is 69.0 Å². The molecule has 17 rings (SSSR count). The minimum absolute atomic E-state index is 0.00569. The number of anilines is 4. The smallest absolute Gasteiger partial charge is 0.338 e. The summed E-state index contributed by atoms with van der Waals surface area (Å²) in [6.07, 6.45) is 2.56. The lowest BCUT2D eigenvalue weighted by Crippen LogP contribution is -2.49. The Bertz CT molecular complexity index is 6410. The van der Waals surface area contributed by atoms with Crippen molar-refractivity contribution in [2.24, 2.45) is 5.92 Å². The highest BCUT2D eigenvalue weighted by Gasteiger charge is 2.50. The van der Waals surface area contributed by atoms with Gasteiger partial charge >= 0.3 is 23.9 Å². The summed E-state index contributed by atoms with van der Waals surface area (Å²) < 4.78 is 63.6. The molecule has 24 heteroatoms. The first kappa shape index (κ1) is 79.7. The van der Waals surface area contributed by atoms with E-state index in [1.165, 1.54) is 189 Å². The van der Waals surface area contributed by atoms with Crippen molar-refractivity contribution in [3.05, 3.63) is 350 Å². The fourth-order valence-electron chi connectivity index (χ4n) is 14.9. The summed E-state index contributed by atoms with van der Waals surface area (Å²) in [7, 11) is 0. The molecule has 2 aromatic heterocycles. The van der Waals surface area contributed by atoms with E-state index in [0.717, 1.165) is 9.80 Å². The third-order valence-electron chi connectivity index (χ3n) is 20.6. The lowest BCUT2D eigenvalue weighted by Gasteiger charge is -2.37. The van der Waals surface area contributed by atoms with Crippen molar-refractivity contribution >= 4 is 125 Å². The molecule has 4 heterocycles. The number of carbonyl (C=O) groups excluding carboxylic acids is 10. The molecule has 13 aromatic carbocycles. The normalized spacial score (nSPS) is 12.7. The van der Waals surface area contributed by atoms with Crippen LogP contribution >= 0.6 is 0 Å². The number of hydrogen-bond acceptors (Lipinski definition) is 20. The lowest BCUT2D eigenvalue weighted by molar-refractivity contribution is -0.138. The van der Waals surface area contributed by atoms with E-state index in [2.05, 4.69) is 19.7 Å². The predicted molar refractivity (Wildman–Crippen MR) is 459 cm³/mol. The zero-order valence-corrected chi connectivity index (χ0v) is 66.9. The monoisotopic (exact) mass is 1650 g/mol. The molecule has 24 nitrogen and oxygen atoms in total. The van der Waals surface area contributed by atoms with Gasteiger partial charge in [0.25, 0.3) is 35.4 Å². The SMILES string of the molecule is C=C(C)C(=O)Oc1ccc(N(C(=O)C(c2ccco2)N2C(=O)c3cc(Oc4ccccc4)c4c5c(Oc6ccccc6)cc6c7c(cc(Oc8ccccc8)c(c8c(Oc9ccccc9)cc(c3c48)C2=O)c75)C(=O)N(C(C(=O)N(c2ccc(OC(=O)C(=C)C)cc2)c2ccc(OC(=O)C(C)C)cc2)c2ccco2)C6=O)c2ccc(OC(=O)C(=C)C)cc2)cc1. The Kier molecular flexibility index (Phi) is 21.1. The molecule has 0 radical (unpaired) electrons. The molecular formula is C100H70N4O20. The van der Waals surface area contributed by atoms with Gasteiger partial charge < -0.3 is 46.7 Å². The van der Waals surface area contributed by atoms with Crippen LogP contribution in [0.2, 0.25) is 0 Å². The number of carbonyl (C=O) groups is 10. The Morgan fingerprint density at radius 2 is 0.556 bits per heavy atom. The molecule has 0 N–H and O–H groups in total. The van der Waals surface area contributed by atoms with Gasteiger partial charge in [-0.15, -0.1) is 0 Å². The third kappa shape index (κ3) is 14.9. The maximum atomic E-state index is 17.0. The van der Waals surface area contributed by atoms with Crippen molar-refractivity contribution in [2.75, 3.05) is 9.80 Å². The number of esters is 4. The van der Waals surface area contributed by atoms with Gasteiger partial charge in [0.1, 0.15) is 80.5 Å². The van der Waals surface area contributed by atoms with Crippen molar-refractivity contribution in [1.82, 2.24) is 9.80 Å². The zero-order chi connectivity index (χ0) is 86.5. The Labute approximate surface area is 707 Å². The molecule has 124 heavy (non-hydrogen) atoms. The maximum Gasteiger partial charge on any atom is 0.338 e. The summed E-state index contributed by atoms with van der Waals surface area (Å²) in [5.74, 6) is -8.61. The van der Waals surface area contributed by atoms with Crippen LogP contribution in [0.1, 0.15) is 99.7 Å². The molecule has 0 fully saturated rings. The van der Waals surface area contributed by atoms with Gasteiger partial charge in [0.2, 0.25) is 0 Å². The topological polar surface area (TPSA) is 284 Å². The molecule has 0 bridgehead atoms. The number of ether oxygens (including phenoxy) is 8. The summed E-state index contributed by atoms with van der Waals surface area (Å²) in [4.78, 5) is 157. The van der Waals surface area contributed by atoms with Crippen LogP contribution in [0.25, 0.3) is 43.1 Å². The highest BCUT2D eigenvalue weighted by Crippen LogP contribution is 2.59. The predicted octanol–water partition coefficient (Wildman–Crippen LogP) is 21.5. The molecule has 0 saturated heterocycles. The van der Waals surface area contributed by atoms with E-state index in [-0.39, 0.29) is 185 Å². The van der Waals surface area contributed by atoms with Gasteiger partial charge in [-0.1, -0.05) is 106 Å². The van der Waals surface area contributed by atoms with Crippen LogP contribution in [0.5, 0.6) is 69.0 Å². The van der Waals surface area contributed by atoms with Crippen LogP contribution in [0.15, 0.2) is 325 Å². The van der Waals surface area contributed by atoms with Crippen molar-refractivity contribution < 1.29 is 94.7 Å². The number of hydrogen-bond donors (Lipinski definition) is 0. The summed E-state index contributed by atoms with van der Waals surface area (Å²) in [5.41, 5.74) is 0.0998. The first-order valence-electron chi connectivity index (χ1n) is 39.0.